The predicted octanol–water partition coefficient (Wildman–Crippen LogP) is 5.78. The van der Waals surface area contributed by atoms with E-state index in [1.165, 1.54) is 0 Å². The third-order valence-corrected chi connectivity index (χ3v) is 4.55. The first-order chi connectivity index (χ1) is 8.27. The van der Waals surface area contributed by atoms with E-state index in [4.69, 9.17) is 11.6 Å². The minimum atomic E-state index is 0.756. The van der Waals surface area contributed by atoms with Crippen molar-refractivity contribution in [1.82, 2.24) is 0 Å². The molecule has 0 aromatic heterocycles. The fourth-order valence-corrected chi connectivity index (χ4v) is 2.85. The highest BCUT2D eigenvalue weighted by molar-refractivity contribution is 9.10. The molecule has 0 saturated heterocycles. The van der Waals surface area contributed by atoms with Crippen LogP contribution in [0.2, 0.25) is 0 Å². The van der Waals surface area contributed by atoms with Gasteiger partial charge in [0.25, 0.3) is 0 Å². The lowest BCUT2D eigenvalue weighted by atomic mass is 10.2. The molecule has 2 rings (SSSR count). The van der Waals surface area contributed by atoms with E-state index in [1.807, 2.05) is 53.9 Å². The summed E-state index contributed by atoms with van der Waals surface area (Å²) in [6.07, 6.45) is 0. The Bertz CT molecular complexity index is 523. The van der Waals surface area contributed by atoms with E-state index in [1.54, 1.807) is 11.8 Å². The second-order valence-corrected chi connectivity index (χ2v) is 5.55. The lowest BCUT2D eigenvalue weighted by Gasteiger charge is -2.01. The first-order valence-electron chi connectivity index (χ1n) is 5.09. The van der Waals surface area contributed by atoms with Gasteiger partial charge in [-0.15, -0.1) is 0 Å². The number of halogens is 2. The van der Waals surface area contributed by atoms with Gasteiger partial charge in [-0.3, -0.25) is 0 Å². The minimum Gasteiger partial charge on any atom is -0.0953 e. The smallest absolute Gasteiger partial charge is 0.0544 e. The van der Waals surface area contributed by atoms with Gasteiger partial charge in [-0.25, -0.2) is 0 Å². The highest BCUT2D eigenvalue weighted by atomic mass is 79.9. The number of hydrogen-bond acceptors (Lipinski definition) is 1. The third-order valence-electron chi connectivity index (χ3n) is 2.18. The van der Waals surface area contributed by atoms with Gasteiger partial charge in [0.2, 0.25) is 0 Å². The maximum atomic E-state index is 6.23. The molecule has 0 atom stereocenters. The molecule has 0 amide bonds. The molecule has 0 unspecified atom stereocenters. The molecule has 0 heterocycles. The van der Waals surface area contributed by atoms with Crippen molar-refractivity contribution in [2.75, 3.05) is 0 Å². The fourth-order valence-electron chi connectivity index (χ4n) is 1.32. The molecule has 0 bridgehead atoms. The Labute approximate surface area is 119 Å². The largest absolute Gasteiger partial charge is 0.0953 e. The average molecular weight is 326 g/mol. The summed E-state index contributed by atoms with van der Waals surface area (Å²) in [7, 11) is 0. The summed E-state index contributed by atoms with van der Waals surface area (Å²) in [5.41, 5.74) is 1.04. The van der Waals surface area contributed by atoms with E-state index in [2.05, 4.69) is 22.0 Å². The standard InChI is InChI=1S/C14H10BrClS/c15-12-8-4-5-9-14(12)17-10-13(16)11-6-2-1-3-7-11/h1-10H/b13-10+. The molecule has 0 fully saturated rings. The van der Waals surface area contributed by atoms with Gasteiger partial charge in [-0.05, 0) is 39.0 Å². The monoisotopic (exact) mass is 324 g/mol. The summed E-state index contributed by atoms with van der Waals surface area (Å²) in [5.74, 6) is 0. The second kappa shape index (κ2) is 6.29. The lowest BCUT2D eigenvalue weighted by molar-refractivity contribution is 1.42. The predicted molar refractivity (Wildman–Crippen MR) is 80.3 cm³/mol. The second-order valence-electron chi connectivity index (χ2n) is 3.38. The molecule has 0 spiro atoms. The van der Waals surface area contributed by atoms with Crippen molar-refractivity contribution in [3.63, 3.8) is 0 Å². The number of hydrogen-bond donors (Lipinski definition) is 0. The van der Waals surface area contributed by atoms with E-state index in [-0.39, 0.29) is 0 Å². The SMILES string of the molecule is Cl/C(=C/Sc1ccccc1Br)c1ccccc1. The molecule has 3 heteroatoms. The summed E-state index contributed by atoms with van der Waals surface area (Å²) in [6, 6.07) is 18.0. The highest BCUT2D eigenvalue weighted by Crippen LogP contribution is 2.31. The first-order valence-corrected chi connectivity index (χ1v) is 7.15. The van der Waals surface area contributed by atoms with Crippen LogP contribution in [0.1, 0.15) is 5.56 Å². The van der Waals surface area contributed by atoms with Gasteiger partial charge in [-0.2, -0.15) is 0 Å². The van der Waals surface area contributed by atoms with Crippen molar-refractivity contribution in [1.29, 1.82) is 0 Å². The molecule has 2 aromatic rings. The molecule has 0 aliphatic rings. The molecule has 0 nitrogen and oxygen atoms in total. The van der Waals surface area contributed by atoms with Crippen LogP contribution in [0.4, 0.5) is 0 Å². The van der Waals surface area contributed by atoms with Crippen LogP contribution in [-0.2, 0) is 0 Å². The zero-order valence-electron chi connectivity index (χ0n) is 8.94. The fraction of sp³-hybridized carbons (Fsp3) is 0. The van der Waals surface area contributed by atoms with Crippen LogP contribution in [0.3, 0.4) is 0 Å². The molecule has 0 aliphatic carbocycles. The molecule has 2 aromatic carbocycles. The van der Waals surface area contributed by atoms with Crippen LogP contribution in [0.5, 0.6) is 0 Å². The summed E-state index contributed by atoms with van der Waals surface area (Å²) in [4.78, 5) is 1.15. The summed E-state index contributed by atoms with van der Waals surface area (Å²) >= 11 is 11.4. The van der Waals surface area contributed by atoms with E-state index in [9.17, 15) is 0 Å². The maximum Gasteiger partial charge on any atom is 0.0544 e. The van der Waals surface area contributed by atoms with Crippen LogP contribution in [0.15, 0.2) is 69.4 Å². The zero-order valence-corrected chi connectivity index (χ0v) is 12.1. The molecule has 17 heavy (non-hydrogen) atoms. The van der Waals surface area contributed by atoms with Gasteiger partial charge < -0.3 is 0 Å². The molecule has 0 N–H and O–H groups in total. The number of benzene rings is 2. The van der Waals surface area contributed by atoms with Crippen LogP contribution >= 0.6 is 39.3 Å². The Morgan fingerprint density at radius 2 is 1.65 bits per heavy atom. The molecule has 86 valence electrons. The van der Waals surface area contributed by atoms with Crippen molar-refractivity contribution in [3.8, 4) is 0 Å². The van der Waals surface area contributed by atoms with Gasteiger partial charge in [0.05, 0.1) is 5.03 Å². The highest BCUT2D eigenvalue weighted by Gasteiger charge is 1.99. The van der Waals surface area contributed by atoms with Gasteiger partial charge in [0, 0.05) is 9.37 Å². The normalized spacial score (nSPS) is 11.5. The molecule has 0 radical (unpaired) electrons. The number of thioether (sulfide) groups is 1. The molecule has 0 aliphatic heterocycles. The topological polar surface area (TPSA) is 0 Å². The Balaban J connectivity index is 2.14. The van der Waals surface area contributed by atoms with Gasteiger partial charge in [-0.1, -0.05) is 65.8 Å². The van der Waals surface area contributed by atoms with Crippen molar-refractivity contribution >= 4 is 44.3 Å². The lowest BCUT2D eigenvalue weighted by Crippen LogP contribution is -1.75. The Morgan fingerprint density at radius 3 is 2.35 bits per heavy atom. The van der Waals surface area contributed by atoms with Gasteiger partial charge in [0.15, 0.2) is 0 Å². The van der Waals surface area contributed by atoms with Crippen LogP contribution in [0.25, 0.3) is 5.03 Å². The molecular weight excluding hydrogens is 316 g/mol. The first kappa shape index (κ1) is 12.7. The Hall–Kier alpha value is -0.700. The summed E-state index contributed by atoms with van der Waals surface area (Å²) < 4.78 is 1.08. The van der Waals surface area contributed by atoms with Crippen LogP contribution in [0, 0.1) is 0 Å². The Morgan fingerprint density at radius 1 is 1.00 bits per heavy atom. The van der Waals surface area contributed by atoms with Gasteiger partial charge in [0.1, 0.15) is 0 Å². The van der Waals surface area contributed by atoms with Crippen LogP contribution in [-0.4, -0.2) is 0 Å². The summed E-state index contributed by atoms with van der Waals surface area (Å²) in [6.45, 7) is 0. The van der Waals surface area contributed by atoms with E-state index >= 15 is 0 Å². The summed E-state index contributed by atoms with van der Waals surface area (Å²) in [5, 5.41) is 2.71. The van der Waals surface area contributed by atoms with E-state index in [0.29, 0.717) is 0 Å². The molecular formula is C14H10BrClS. The number of rotatable bonds is 3. The maximum absolute atomic E-state index is 6.23. The molecule has 0 saturated carbocycles. The third kappa shape index (κ3) is 3.63. The quantitative estimate of drug-likeness (QED) is 0.645. The van der Waals surface area contributed by atoms with Crippen molar-refractivity contribution in [2.24, 2.45) is 0 Å². The van der Waals surface area contributed by atoms with E-state index in [0.717, 1.165) is 20.0 Å². The zero-order chi connectivity index (χ0) is 12.1. The van der Waals surface area contributed by atoms with Crippen LogP contribution < -0.4 is 0 Å². The van der Waals surface area contributed by atoms with Gasteiger partial charge >= 0.3 is 0 Å². The Kier molecular flexibility index (Phi) is 4.72. The van der Waals surface area contributed by atoms with Crippen molar-refractivity contribution < 1.29 is 0 Å². The van der Waals surface area contributed by atoms with Crippen molar-refractivity contribution in [3.05, 3.63) is 70.0 Å². The van der Waals surface area contributed by atoms with E-state index < -0.39 is 0 Å². The van der Waals surface area contributed by atoms with Crippen molar-refractivity contribution in [2.45, 2.75) is 4.90 Å². The minimum absolute atomic E-state index is 0.756. The average Bonchev–Trinajstić information content (AvgIpc) is 2.38.